The van der Waals surface area contributed by atoms with Crippen molar-refractivity contribution < 1.29 is 14.3 Å². The van der Waals surface area contributed by atoms with Gasteiger partial charge in [0.1, 0.15) is 5.75 Å². The fourth-order valence-corrected chi connectivity index (χ4v) is 3.36. The van der Waals surface area contributed by atoms with E-state index in [4.69, 9.17) is 4.74 Å². The molecule has 0 atom stereocenters. The molecule has 0 saturated carbocycles. The molecule has 0 radical (unpaired) electrons. The number of nitrogens with one attached hydrogen (secondary N) is 1. The van der Waals surface area contributed by atoms with Crippen LogP contribution < -0.4 is 10.1 Å². The van der Waals surface area contributed by atoms with E-state index in [2.05, 4.69) is 10.4 Å². The van der Waals surface area contributed by atoms with Crippen molar-refractivity contribution in [1.29, 1.82) is 0 Å². The molecule has 2 amide bonds. The van der Waals surface area contributed by atoms with E-state index in [9.17, 15) is 9.59 Å². The Balaban J connectivity index is 1.43. The average molecular weight is 390 g/mol. The Labute approximate surface area is 168 Å². The number of fused-ring (bicyclic) bond motifs is 1. The summed E-state index contributed by atoms with van der Waals surface area (Å²) in [6, 6.07) is 18.6. The fraction of sp³-hybridized carbons (Fsp3) is 0.227. The van der Waals surface area contributed by atoms with Crippen LogP contribution in [0.1, 0.15) is 32.1 Å². The number of hydrogen-bond acceptors (Lipinski definition) is 4. The second-order valence-electron chi connectivity index (χ2n) is 6.87. The van der Waals surface area contributed by atoms with Crippen molar-refractivity contribution in [3.05, 3.63) is 83.2 Å². The number of ether oxygens (including phenoxy) is 1. The maximum Gasteiger partial charge on any atom is 0.272 e. The van der Waals surface area contributed by atoms with E-state index < -0.39 is 0 Å². The zero-order chi connectivity index (χ0) is 20.2. The normalized spacial score (nSPS) is 12.9. The summed E-state index contributed by atoms with van der Waals surface area (Å²) in [5.74, 6) is 0.364. The van der Waals surface area contributed by atoms with Crippen LogP contribution in [0.2, 0.25) is 0 Å². The van der Waals surface area contributed by atoms with Crippen LogP contribution in [0.25, 0.3) is 0 Å². The van der Waals surface area contributed by atoms with Crippen molar-refractivity contribution in [2.45, 2.75) is 19.6 Å². The van der Waals surface area contributed by atoms with Crippen LogP contribution in [0, 0.1) is 0 Å². The predicted octanol–water partition coefficient (Wildman–Crippen LogP) is 2.48. The van der Waals surface area contributed by atoms with Crippen molar-refractivity contribution >= 4 is 11.8 Å². The van der Waals surface area contributed by atoms with Crippen LogP contribution in [-0.4, -0.2) is 40.1 Å². The SMILES string of the molecule is COc1cccc(C(=O)N2CCn3nc(C(=O)NCc4ccccc4)cc3C2)c1. The highest BCUT2D eigenvalue weighted by atomic mass is 16.5. The largest absolute Gasteiger partial charge is 0.497 e. The van der Waals surface area contributed by atoms with Gasteiger partial charge in [-0.15, -0.1) is 0 Å². The van der Waals surface area contributed by atoms with Gasteiger partial charge in [-0.3, -0.25) is 14.3 Å². The monoisotopic (exact) mass is 390 g/mol. The smallest absolute Gasteiger partial charge is 0.272 e. The van der Waals surface area contributed by atoms with E-state index in [1.807, 2.05) is 36.4 Å². The quantitative estimate of drug-likeness (QED) is 0.726. The first-order valence-electron chi connectivity index (χ1n) is 9.46. The van der Waals surface area contributed by atoms with Gasteiger partial charge in [0.2, 0.25) is 0 Å². The van der Waals surface area contributed by atoms with Gasteiger partial charge in [-0.05, 0) is 29.8 Å². The third-order valence-electron chi connectivity index (χ3n) is 4.93. The molecule has 29 heavy (non-hydrogen) atoms. The average Bonchev–Trinajstić information content (AvgIpc) is 3.21. The zero-order valence-electron chi connectivity index (χ0n) is 16.2. The minimum atomic E-state index is -0.221. The molecule has 7 nitrogen and oxygen atoms in total. The molecule has 2 heterocycles. The summed E-state index contributed by atoms with van der Waals surface area (Å²) >= 11 is 0. The first-order chi connectivity index (χ1) is 14.1. The molecule has 0 saturated heterocycles. The Morgan fingerprint density at radius 2 is 1.90 bits per heavy atom. The minimum absolute atomic E-state index is 0.0635. The molecule has 0 bridgehead atoms. The lowest BCUT2D eigenvalue weighted by Crippen LogP contribution is -2.38. The number of carbonyl (C=O) groups is 2. The fourth-order valence-electron chi connectivity index (χ4n) is 3.36. The summed E-state index contributed by atoms with van der Waals surface area (Å²) in [4.78, 5) is 27.1. The number of rotatable bonds is 5. The molecule has 0 fully saturated rings. The molecular formula is C22H22N4O3. The topological polar surface area (TPSA) is 76.5 Å². The summed E-state index contributed by atoms with van der Waals surface area (Å²) in [6.07, 6.45) is 0. The molecule has 0 aliphatic carbocycles. The first-order valence-corrected chi connectivity index (χ1v) is 9.46. The van der Waals surface area contributed by atoms with E-state index >= 15 is 0 Å². The van der Waals surface area contributed by atoms with Gasteiger partial charge in [0.05, 0.1) is 25.9 Å². The van der Waals surface area contributed by atoms with Gasteiger partial charge in [0, 0.05) is 18.7 Å². The molecule has 4 rings (SSSR count). The van der Waals surface area contributed by atoms with Crippen LogP contribution in [0.5, 0.6) is 5.75 Å². The van der Waals surface area contributed by atoms with E-state index in [1.165, 1.54) is 0 Å². The number of nitrogens with zero attached hydrogens (tertiary/aromatic N) is 3. The molecule has 3 aromatic rings. The van der Waals surface area contributed by atoms with E-state index in [0.29, 0.717) is 43.2 Å². The van der Waals surface area contributed by atoms with Crippen LogP contribution in [0.15, 0.2) is 60.7 Å². The van der Waals surface area contributed by atoms with Gasteiger partial charge in [-0.1, -0.05) is 36.4 Å². The third kappa shape index (κ3) is 4.13. The summed E-state index contributed by atoms with van der Waals surface area (Å²) in [5, 5.41) is 7.29. The second kappa shape index (κ2) is 8.18. The van der Waals surface area contributed by atoms with Crippen molar-refractivity contribution in [2.24, 2.45) is 0 Å². The van der Waals surface area contributed by atoms with Crippen LogP contribution in [0.3, 0.4) is 0 Å². The predicted molar refractivity (Wildman–Crippen MR) is 108 cm³/mol. The second-order valence-corrected chi connectivity index (χ2v) is 6.87. The summed E-state index contributed by atoms with van der Waals surface area (Å²) in [5.41, 5.74) is 2.82. The molecule has 1 aliphatic rings. The van der Waals surface area contributed by atoms with Crippen molar-refractivity contribution in [3.8, 4) is 5.75 Å². The lowest BCUT2D eigenvalue weighted by atomic mass is 10.1. The standard InChI is InChI=1S/C22H22N4O3/c1-29-19-9-5-8-17(12-19)22(28)25-10-11-26-18(15-25)13-20(24-26)21(27)23-14-16-6-3-2-4-7-16/h2-9,12-13H,10-11,14-15H2,1H3,(H,23,27). The van der Waals surface area contributed by atoms with Crippen molar-refractivity contribution in [1.82, 2.24) is 20.0 Å². The molecule has 1 N–H and O–H groups in total. The minimum Gasteiger partial charge on any atom is -0.497 e. The molecular weight excluding hydrogens is 368 g/mol. The number of aromatic nitrogens is 2. The van der Waals surface area contributed by atoms with Gasteiger partial charge >= 0.3 is 0 Å². The molecule has 1 aromatic heterocycles. The highest BCUT2D eigenvalue weighted by Crippen LogP contribution is 2.19. The Hall–Kier alpha value is -3.61. The Morgan fingerprint density at radius 3 is 2.69 bits per heavy atom. The van der Waals surface area contributed by atoms with E-state index in [1.54, 1.807) is 41.0 Å². The number of amides is 2. The highest BCUT2D eigenvalue weighted by Gasteiger charge is 2.25. The maximum absolute atomic E-state index is 12.8. The van der Waals surface area contributed by atoms with Gasteiger partial charge < -0.3 is 15.0 Å². The van der Waals surface area contributed by atoms with Crippen LogP contribution in [0.4, 0.5) is 0 Å². The Bertz CT molecular complexity index is 1030. The Kier molecular flexibility index (Phi) is 5.29. The number of methoxy groups -OCH3 is 1. The molecule has 1 aliphatic heterocycles. The highest BCUT2D eigenvalue weighted by molar-refractivity contribution is 5.95. The molecule has 2 aromatic carbocycles. The Morgan fingerprint density at radius 1 is 1.07 bits per heavy atom. The molecule has 0 spiro atoms. The van der Waals surface area contributed by atoms with E-state index in [-0.39, 0.29) is 11.8 Å². The van der Waals surface area contributed by atoms with Gasteiger partial charge in [-0.25, -0.2) is 0 Å². The summed E-state index contributed by atoms with van der Waals surface area (Å²) in [6.45, 7) is 1.95. The van der Waals surface area contributed by atoms with E-state index in [0.717, 1.165) is 11.3 Å². The molecule has 7 heteroatoms. The van der Waals surface area contributed by atoms with Crippen molar-refractivity contribution in [2.75, 3.05) is 13.7 Å². The number of carbonyl (C=O) groups excluding carboxylic acids is 2. The molecule has 0 unspecified atom stereocenters. The summed E-state index contributed by atoms with van der Waals surface area (Å²) in [7, 11) is 1.58. The lowest BCUT2D eigenvalue weighted by Gasteiger charge is -2.27. The maximum atomic E-state index is 12.8. The zero-order valence-corrected chi connectivity index (χ0v) is 16.2. The number of benzene rings is 2. The van der Waals surface area contributed by atoms with Gasteiger partial charge in [0.15, 0.2) is 5.69 Å². The molecule has 148 valence electrons. The first kappa shape index (κ1) is 18.7. The lowest BCUT2D eigenvalue weighted by molar-refractivity contribution is 0.0705. The van der Waals surface area contributed by atoms with Crippen LogP contribution >= 0.6 is 0 Å². The van der Waals surface area contributed by atoms with Gasteiger partial charge in [-0.2, -0.15) is 5.10 Å². The van der Waals surface area contributed by atoms with Crippen molar-refractivity contribution in [3.63, 3.8) is 0 Å². The summed E-state index contributed by atoms with van der Waals surface area (Å²) < 4.78 is 7.00. The third-order valence-corrected chi connectivity index (χ3v) is 4.93. The van der Waals surface area contributed by atoms with Gasteiger partial charge in [0.25, 0.3) is 11.8 Å². The number of hydrogen-bond donors (Lipinski definition) is 1. The van der Waals surface area contributed by atoms with Crippen LogP contribution in [-0.2, 0) is 19.6 Å².